The molecule has 0 fully saturated rings. The highest BCUT2D eigenvalue weighted by atomic mass is 16.5. The molecular weight excluding hydrogens is 350 g/mol. The number of aromatic nitrogens is 4. The summed E-state index contributed by atoms with van der Waals surface area (Å²) in [4.78, 5) is 16.9. The summed E-state index contributed by atoms with van der Waals surface area (Å²) in [5, 5.41) is 0. The standard InChI is InChI=1S/C22H31N5O/c1-13(2)18-10-9-17(21(24-18)26(6)7)20-16(5)23-22-19(25-20)14(3)11-27(22)15(4)12-28-8/h9-11,13,15H,12H2,1-8H3/t15-/m1/s1. The summed E-state index contributed by atoms with van der Waals surface area (Å²) < 4.78 is 7.49. The van der Waals surface area contributed by atoms with Crippen LogP contribution in [0.2, 0.25) is 0 Å². The van der Waals surface area contributed by atoms with Crippen molar-refractivity contribution in [2.45, 2.75) is 46.6 Å². The number of rotatable bonds is 6. The van der Waals surface area contributed by atoms with Crippen LogP contribution in [-0.2, 0) is 4.74 Å². The summed E-state index contributed by atoms with van der Waals surface area (Å²) in [6, 6.07) is 4.42. The molecule has 0 aliphatic carbocycles. The van der Waals surface area contributed by atoms with E-state index in [-0.39, 0.29) is 6.04 Å². The number of nitrogens with zero attached hydrogens (tertiary/aromatic N) is 5. The minimum atomic E-state index is 0.199. The van der Waals surface area contributed by atoms with Gasteiger partial charge in [0.15, 0.2) is 5.65 Å². The van der Waals surface area contributed by atoms with Crippen molar-refractivity contribution in [2.24, 2.45) is 0 Å². The highest BCUT2D eigenvalue weighted by molar-refractivity contribution is 5.82. The number of pyridine rings is 1. The summed E-state index contributed by atoms with van der Waals surface area (Å²) in [5.74, 6) is 1.30. The molecule has 0 spiro atoms. The molecule has 0 aromatic carbocycles. The van der Waals surface area contributed by atoms with Gasteiger partial charge < -0.3 is 14.2 Å². The highest BCUT2D eigenvalue weighted by Crippen LogP contribution is 2.33. The third kappa shape index (κ3) is 3.61. The fraction of sp³-hybridized carbons (Fsp3) is 0.500. The minimum absolute atomic E-state index is 0.199. The minimum Gasteiger partial charge on any atom is -0.383 e. The Balaban J connectivity index is 2.20. The summed E-state index contributed by atoms with van der Waals surface area (Å²) in [5.41, 5.74) is 6.83. The van der Waals surface area contributed by atoms with Gasteiger partial charge in [-0.05, 0) is 44.4 Å². The maximum Gasteiger partial charge on any atom is 0.159 e. The summed E-state index contributed by atoms with van der Waals surface area (Å²) in [7, 11) is 5.76. The first-order chi connectivity index (χ1) is 13.2. The Labute approximate surface area is 167 Å². The molecule has 0 bridgehead atoms. The van der Waals surface area contributed by atoms with Crippen molar-refractivity contribution < 1.29 is 4.74 Å². The fourth-order valence-electron chi connectivity index (χ4n) is 3.51. The number of fused-ring (bicyclic) bond motifs is 1. The molecule has 6 nitrogen and oxygen atoms in total. The predicted octanol–water partition coefficient (Wildman–Crippen LogP) is 4.51. The molecule has 0 aliphatic heterocycles. The van der Waals surface area contributed by atoms with E-state index in [0.29, 0.717) is 12.5 Å². The molecule has 0 N–H and O–H groups in total. The van der Waals surface area contributed by atoms with Crippen LogP contribution in [0.5, 0.6) is 0 Å². The molecule has 28 heavy (non-hydrogen) atoms. The van der Waals surface area contributed by atoms with Crippen LogP contribution in [0.25, 0.3) is 22.4 Å². The summed E-state index contributed by atoms with van der Waals surface area (Å²) in [6.45, 7) is 11.2. The number of methoxy groups -OCH3 is 1. The van der Waals surface area contributed by atoms with Crippen LogP contribution in [0.3, 0.4) is 0 Å². The Morgan fingerprint density at radius 3 is 2.39 bits per heavy atom. The molecule has 0 aliphatic rings. The molecule has 0 unspecified atom stereocenters. The Hall–Kier alpha value is -2.47. The lowest BCUT2D eigenvalue weighted by atomic mass is 10.1. The van der Waals surface area contributed by atoms with Crippen molar-refractivity contribution in [1.29, 1.82) is 0 Å². The Bertz CT molecular complexity index is 990. The van der Waals surface area contributed by atoms with Crippen molar-refractivity contribution >= 4 is 17.0 Å². The van der Waals surface area contributed by atoms with Crippen molar-refractivity contribution in [1.82, 2.24) is 19.5 Å². The number of hydrogen-bond acceptors (Lipinski definition) is 5. The van der Waals surface area contributed by atoms with Crippen molar-refractivity contribution in [3.63, 3.8) is 0 Å². The van der Waals surface area contributed by atoms with E-state index < -0.39 is 0 Å². The SMILES string of the molecule is COC[C@@H](C)n1cc(C)c2nc(-c3ccc(C(C)C)nc3N(C)C)c(C)nc21. The first kappa shape index (κ1) is 20.3. The third-order valence-corrected chi connectivity index (χ3v) is 5.05. The van der Waals surface area contributed by atoms with Gasteiger partial charge in [-0.25, -0.2) is 15.0 Å². The predicted molar refractivity (Wildman–Crippen MR) is 115 cm³/mol. The van der Waals surface area contributed by atoms with Gasteiger partial charge in [0.25, 0.3) is 0 Å². The summed E-state index contributed by atoms with van der Waals surface area (Å²) >= 11 is 0. The van der Waals surface area contributed by atoms with Crippen LogP contribution in [0.4, 0.5) is 5.82 Å². The van der Waals surface area contributed by atoms with Crippen LogP contribution in [0, 0.1) is 13.8 Å². The van der Waals surface area contributed by atoms with E-state index in [4.69, 9.17) is 19.7 Å². The average molecular weight is 382 g/mol. The van der Waals surface area contributed by atoms with Crippen LogP contribution >= 0.6 is 0 Å². The molecule has 6 heteroatoms. The van der Waals surface area contributed by atoms with Crippen molar-refractivity contribution in [3.8, 4) is 11.3 Å². The van der Waals surface area contributed by atoms with Gasteiger partial charge in [-0.2, -0.15) is 0 Å². The van der Waals surface area contributed by atoms with Gasteiger partial charge >= 0.3 is 0 Å². The number of anilines is 1. The van der Waals surface area contributed by atoms with Gasteiger partial charge in [-0.3, -0.25) is 0 Å². The van der Waals surface area contributed by atoms with Gasteiger partial charge in [-0.1, -0.05) is 13.8 Å². The van der Waals surface area contributed by atoms with Crippen LogP contribution in [0.1, 0.15) is 49.7 Å². The van der Waals surface area contributed by atoms with Crippen LogP contribution in [0.15, 0.2) is 18.3 Å². The molecule has 0 radical (unpaired) electrons. The molecule has 0 saturated carbocycles. The second kappa shape index (κ2) is 7.87. The lowest BCUT2D eigenvalue weighted by Crippen LogP contribution is -2.14. The molecule has 3 aromatic rings. The highest BCUT2D eigenvalue weighted by Gasteiger charge is 2.20. The molecule has 0 saturated heterocycles. The van der Waals surface area contributed by atoms with Gasteiger partial charge in [0.1, 0.15) is 11.3 Å². The van der Waals surface area contributed by atoms with Gasteiger partial charge in [0, 0.05) is 38.7 Å². The smallest absolute Gasteiger partial charge is 0.159 e. The van der Waals surface area contributed by atoms with E-state index in [2.05, 4.69) is 50.6 Å². The first-order valence-electron chi connectivity index (χ1n) is 9.77. The third-order valence-electron chi connectivity index (χ3n) is 5.05. The van der Waals surface area contributed by atoms with E-state index >= 15 is 0 Å². The van der Waals surface area contributed by atoms with Gasteiger partial charge in [-0.15, -0.1) is 0 Å². The number of aryl methyl sites for hydroxylation is 2. The van der Waals surface area contributed by atoms with Gasteiger partial charge in [0.2, 0.25) is 0 Å². The first-order valence-corrected chi connectivity index (χ1v) is 9.77. The van der Waals surface area contributed by atoms with E-state index in [1.54, 1.807) is 7.11 Å². The molecular formula is C22H31N5O. The summed E-state index contributed by atoms with van der Waals surface area (Å²) in [6.07, 6.45) is 2.12. The number of ether oxygens (including phenoxy) is 1. The molecule has 3 heterocycles. The Kier molecular flexibility index (Phi) is 5.70. The fourth-order valence-corrected chi connectivity index (χ4v) is 3.51. The monoisotopic (exact) mass is 381 g/mol. The van der Waals surface area contributed by atoms with Crippen LogP contribution < -0.4 is 4.90 Å². The molecule has 1 atom stereocenters. The van der Waals surface area contributed by atoms with E-state index in [9.17, 15) is 0 Å². The van der Waals surface area contributed by atoms with Crippen molar-refractivity contribution in [3.05, 3.63) is 35.3 Å². The van der Waals surface area contributed by atoms with E-state index in [0.717, 1.165) is 45.2 Å². The molecule has 3 rings (SSSR count). The topological polar surface area (TPSA) is 56.1 Å². The maximum absolute atomic E-state index is 5.33. The van der Waals surface area contributed by atoms with E-state index in [1.165, 1.54) is 0 Å². The maximum atomic E-state index is 5.33. The van der Waals surface area contributed by atoms with Crippen LogP contribution in [-0.4, -0.2) is 47.3 Å². The lowest BCUT2D eigenvalue weighted by Gasteiger charge is -2.19. The molecule has 150 valence electrons. The van der Waals surface area contributed by atoms with E-state index in [1.807, 2.05) is 25.9 Å². The van der Waals surface area contributed by atoms with Crippen molar-refractivity contribution in [2.75, 3.05) is 32.7 Å². The second-order valence-corrected chi connectivity index (χ2v) is 8.01. The van der Waals surface area contributed by atoms with Gasteiger partial charge in [0.05, 0.1) is 24.0 Å². The number of hydrogen-bond donors (Lipinski definition) is 0. The Morgan fingerprint density at radius 2 is 1.79 bits per heavy atom. The largest absolute Gasteiger partial charge is 0.383 e. The zero-order valence-corrected chi connectivity index (χ0v) is 18.2. The average Bonchev–Trinajstić information content (AvgIpc) is 2.96. The quantitative estimate of drug-likeness (QED) is 0.629. The zero-order chi connectivity index (χ0) is 20.6. The normalized spacial score (nSPS) is 12.8. The lowest BCUT2D eigenvalue weighted by molar-refractivity contribution is 0.163. The molecule has 3 aromatic heterocycles. The Morgan fingerprint density at radius 1 is 1.07 bits per heavy atom. The second-order valence-electron chi connectivity index (χ2n) is 8.01. The molecule has 0 amide bonds. The zero-order valence-electron chi connectivity index (χ0n) is 18.2.